The van der Waals surface area contributed by atoms with E-state index in [4.69, 9.17) is 10.2 Å². The van der Waals surface area contributed by atoms with Crippen LogP contribution in [0, 0.1) is 10.1 Å². The second kappa shape index (κ2) is 6.89. The summed E-state index contributed by atoms with van der Waals surface area (Å²) in [6.07, 6.45) is 2.63. The van der Waals surface area contributed by atoms with Crippen LogP contribution in [0.5, 0.6) is 0 Å². The minimum absolute atomic E-state index is 0.0793. The molecule has 2 aromatic carbocycles. The van der Waals surface area contributed by atoms with Gasteiger partial charge in [0.15, 0.2) is 0 Å². The van der Waals surface area contributed by atoms with E-state index in [2.05, 4.69) is 5.32 Å². The fourth-order valence-electron chi connectivity index (χ4n) is 2.42. The number of rotatable bonds is 5. The van der Waals surface area contributed by atoms with Crippen LogP contribution in [0.2, 0.25) is 0 Å². The highest BCUT2D eigenvalue weighted by Crippen LogP contribution is 2.30. The number of hydrogen-bond donors (Lipinski definition) is 2. The Morgan fingerprint density at radius 1 is 1.15 bits per heavy atom. The lowest BCUT2D eigenvalue weighted by Crippen LogP contribution is -2.15. The van der Waals surface area contributed by atoms with E-state index >= 15 is 0 Å². The molecule has 3 rings (SSSR count). The number of fused-ring (bicyclic) bond motifs is 1. The van der Waals surface area contributed by atoms with Crippen molar-refractivity contribution in [1.29, 1.82) is 0 Å². The van der Waals surface area contributed by atoms with E-state index in [9.17, 15) is 19.7 Å². The third-order valence-electron chi connectivity index (χ3n) is 3.58. The molecule has 0 fully saturated rings. The Bertz CT molecular complexity index is 1050. The molecule has 0 radical (unpaired) electrons. The third kappa shape index (κ3) is 3.44. The predicted molar refractivity (Wildman–Crippen MR) is 95.5 cm³/mol. The average molecular weight is 351 g/mol. The molecular formula is C18H13N3O5. The van der Waals surface area contributed by atoms with E-state index in [0.29, 0.717) is 16.5 Å². The maximum Gasteiger partial charge on any atom is 0.286 e. The fourth-order valence-corrected chi connectivity index (χ4v) is 2.42. The average Bonchev–Trinajstić information content (AvgIpc) is 2.99. The van der Waals surface area contributed by atoms with Crippen LogP contribution in [0.25, 0.3) is 17.0 Å². The Balaban J connectivity index is 1.85. The number of nitrogens with zero attached hydrogens (tertiary/aromatic N) is 1. The topological polar surface area (TPSA) is 128 Å². The number of benzene rings is 2. The first-order valence-electron chi connectivity index (χ1n) is 7.50. The summed E-state index contributed by atoms with van der Waals surface area (Å²) in [5.41, 5.74) is 6.30. The highest BCUT2D eigenvalue weighted by Gasteiger charge is 2.19. The molecule has 0 saturated carbocycles. The number of nitrogens with one attached hydrogen (secondary N) is 1. The van der Waals surface area contributed by atoms with Crippen LogP contribution < -0.4 is 11.1 Å². The summed E-state index contributed by atoms with van der Waals surface area (Å²) in [7, 11) is 0. The van der Waals surface area contributed by atoms with Gasteiger partial charge in [0.1, 0.15) is 11.3 Å². The predicted octanol–water partition coefficient (Wildman–Crippen LogP) is 3.09. The second-order valence-corrected chi connectivity index (χ2v) is 5.34. The number of amides is 2. The molecule has 1 aromatic heterocycles. The molecule has 0 spiro atoms. The zero-order valence-electron chi connectivity index (χ0n) is 13.3. The van der Waals surface area contributed by atoms with Crippen LogP contribution in [0.4, 0.5) is 11.4 Å². The number of nitrogens with two attached hydrogens (primary N) is 1. The van der Waals surface area contributed by atoms with Gasteiger partial charge < -0.3 is 15.5 Å². The van der Waals surface area contributed by atoms with Crippen molar-refractivity contribution in [2.45, 2.75) is 0 Å². The lowest BCUT2D eigenvalue weighted by Gasteiger charge is -2.01. The lowest BCUT2D eigenvalue weighted by molar-refractivity contribution is -0.384. The molecule has 0 aliphatic heterocycles. The van der Waals surface area contributed by atoms with Gasteiger partial charge in [-0.05, 0) is 23.8 Å². The Morgan fingerprint density at radius 3 is 2.65 bits per heavy atom. The first-order valence-corrected chi connectivity index (χ1v) is 7.50. The first kappa shape index (κ1) is 16.9. The molecule has 1 heterocycles. The molecule has 2 amide bonds. The van der Waals surface area contributed by atoms with Crippen molar-refractivity contribution in [1.82, 2.24) is 0 Å². The molecule has 8 heteroatoms. The molecule has 3 aromatic rings. The molecule has 0 unspecified atom stereocenters. The highest BCUT2D eigenvalue weighted by molar-refractivity contribution is 6.13. The van der Waals surface area contributed by atoms with Crippen LogP contribution >= 0.6 is 0 Å². The zero-order chi connectivity index (χ0) is 18.7. The number of nitro groups is 1. The number of hydrogen-bond acceptors (Lipinski definition) is 5. The fraction of sp³-hybridized carbons (Fsp3) is 0. The Hall–Kier alpha value is -3.94. The van der Waals surface area contributed by atoms with Crippen molar-refractivity contribution in [3.8, 4) is 0 Å². The number of nitro benzene ring substituents is 1. The summed E-state index contributed by atoms with van der Waals surface area (Å²) < 4.78 is 5.38. The largest absolute Gasteiger partial charge is 0.449 e. The number of primary amides is 1. The molecule has 0 bridgehead atoms. The van der Waals surface area contributed by atoms with E-state index in [1.807, 2.05) is 0 Å². The maximum absolute atomic E-state index is 12.2. The summed E-state index contributed by atoms with van der Waals surface area (Å²) in [6, 6.07) is 12.6. The second-order valence-electron chi connectivity index (χ2n) is 5.34. The van der Waals surface area contributed by atoms with E-state index in [0.717, 1.165) is 0 Å². The lowest BCUT2D eigenvalue weighted by atomic mass is 10.2. The number of anilines is 1. The minimum atomic E-state index is -0.806. The minimum Gasteiger partial charge on any atom is -0.449 e. The van der Waals surface area contributed by atoms with Crippen LogP contribution in [-0.2, 0) is 4.79 Å². The zero-order valence-corrected chi connectivity index (χ0v) is 13.3. The van der Waals surface area contributed by atoms with Crippen LogP contribution in [0.1, 0.15) is 16.1 Å². The van der Waals surface area contributed by atoms with Crippen molar-refractivity contribution in [2.24, 2.45) is 5.73 Å². The molecule has 0 atom stereocenters. The summed E-state index contributed by atoms with van der Waals surface area (Å²) in [4.78, 5) is 34.0. The van der Waals surface area contributed by atoms with Gasteiger partial charge >= 0.3 is 0 Å². The third-order valence-corrected chi connectivity index (χ3v) is 3.58. The van der Waals surface area contributed by atoms with Crippen LogP contribution in [0.15, 0.2) is 59.0 Å². The van der Waals surface area contributed by atoms with Crippen LogP contribution in [-0.4, -0.2) is 16.7 Å². The molecular weight excluding hydrogens is 338 g/mol. The van der Waals surface area contributed by atoms with Crippen molar-refractivity contribution >= 4 is 40.2 Å². The van der Waals surface area contributed by atoms with Gasteiger partial charge in [0.2, 0.25) is 11.7 Å². The molecule has 3 N–H and O–H groups in total. The quantitative estimate of drug-likeness (QED) is 0.414. The maximum atomic E-state index is 12.2. The summed E-state index contributed by atoms with van der Waals surface area (Å²) >= 11 is 0. The van der Waals surface area contributed by atoms with Crippen molar-refractivity contribution in [2.75, 3.05) is 5.32 Å². The smallest absolute Gasteiger partial charge is 0.286 e. The highest BCUT2D eigenvalue weighted by atomic mass is 16.6. The SMILES string of the molecule is NC(=O)c1oc2ccccc2c1NC(=O)/C=C/c1cccc([N+](=O)[O-])c1. The Kier molecular flexibility index (Phi) is 4.48. The first-order chi connectivity index (χ1) is 12.5. The number of furan rings is 1. The van der Waals surface area contributed by atoms with Gasteiger partial charge in [0.25, 0.3) is 11.6 Å². The van der Waals surface area contributed by atoms with Gasteiger partial charge in [0.05, 0.1) is 4.92 Å². The standard InChI is InChI=1S/C18H13N3O5/c19-18(23)17-16(13-6-1-2-7-14(13)26-17)20-15(22)9-8-11-4-3-5-12(10-11)21(24)25/h1-10H,(H2,19,23)(H,20,22)/b9-8+. The molecule has 0 aliphatic rings. The van der Waals surface area contributed by atoms with E-state index < -0.39 is 16.7 Å². The van der Waals surface area contributed by atoms with Gasteiger partial charge in [-0.3, -0.25) is 19.7 Å². The van der Waals surface area contributed by atoms with Gasteiger partial charge in [-0.25, -0.2) is 0 Å². The number of carbonyl (C=O) groups excluding carboxylic acids is 2. The molecule has 0 aliphatic carbocycles. The van der Waals surface area contributed by atoms with Gasteiger partial charge in [-0.1, -0.05) is 24.3 Å². The van der Waals surface area contributed by atoms with Crippen LogP contribution in [0.3, 0.4) is 0 Å². The van der Waals surface area contributed by atoms with Crippen molar-refractivity contribution < 1.29 is 18.9 Å². The monoisotopic (exact) mass is 351 g/mol. The number of carbonyl (C=O) groups is 2. The van der Waals surface area contributed by atoms with E-state index in [1.165, 1.54) is 30.4 Å². The molecule has 8 nitrogen and oxygen atoms in total. The molecule has 26 heavy (non-hydrogen) atoms. The Morgan fingerprint density at radius 2 is 1.92 bits per heavy atom. The number of non-ortho nitro benzene ring substituents is 1. The van der Waals surface area contributed by atoms with E-state index in [1.54, 1.807) is 30.3 Å². The van der Waals surface area contributed by atoms with Crippen molar-refractivity contribution in [3.05, 3.63) is 76.0 Å². The Labute approximate surface area is 147 Å². The van der Waals surface area contributed by atoms with Crippen molar-refractivity contribution in [3.63, 3.8) is 0 Å². The summed E-state index contributed by atoms with van der Waals surface area (Å²) in [5.74, 6) is -1.49. The van der Waals surface area contributed by atoms with E-state index in [-0.39, 0.29) is 17.1 Å². The normalized spacial score (nSPS) is 10.9. The molecule has 0 saturated heterocycles. The molecule has 130 valence electrons. The van der Waals surface area contributed by atoms with Gasteiger partial charge in [-0.15, -0.1) is 0 Å². The van der Waals surface area contributed by atoms with Gasteiger partial charge in [-0.2, -0.15) is 0 Å². The summed E-state index contributed by atoms with van der Waals surface area (Å²) in [6.45, 7) is 0. The number of para-hydroxylation sites is 1. The van der Waals surface area contributed by atoms with Gasteiger partial charge in [0, 0.05) is 23.6 Å². The summed E-state index contributed by atoms with van der Waals surface area (Å²) in [5, 5.41) is 13.9.